The predicted octanol–water partition coefficient (Wildman–Crippen LogP) is 3.52. The van der Waals surface area contributed by atoms with Crippen molar-refractivity contribution in [2.75, 3.05) is 5.75 Å². The van der Waals surface area contributed by atoms with Crippen LogP contribution in [-0.2, 0) is 0 Å². The third-order valence-electron chi connectivity index (χ3n) is 2.66. The van der Waals surface area contributed by atoms with Gasteiger partial charge in [0.2, 0.25) is 0 Å². The molecular weight excluding hydrogens is 159 g/mol. The van der Waals surface area contributed by atoms with Gasteiger partial charge in [0, 0.05) is 0 Å². The molecule has 0 spiro atoms. The third kappa shape index (κ3) is 5.57. The van der Waals surface area contributed by atoms with E-state index in [1.165, 1.54) is 17.3 Å². The second-order valence-electron chi connectivity index (χ2n) is 4.92. The average Bonchev–Trinajstić information content (AvgIpc) is 2.02. The van der Waals surface area contributed by atoms with Crippen molar-refractivity contribution in [2.24, 2.45) is 5.41 Å². The maximum absolute atomic E-state index is 2.35. The Hall–Kier alpha value is 0.947. The van der Waals surface area contributed by atoms with E-state index in [0.29, 0.717) is 10.2 Å². The van der Waals surface area contributed by atoms with Gasteiger partial charge in [0.05, 0.1) is 0 Å². The molecule has 0 amide bonds. The zero-order valence-corrected chi connectivity index (χ0v) is 10.3. The normalized spacial score (nSPS) is 13.6. The van der Waals surface area contributed by atoms with Crippen LogP contribution in [0.3, 0.4) is 0 Å². The van der Waals surface area contributed by atoms with Gasteiger partial charge in [0.15, 0.2) is 0 Å². The van der Waals surface area contributed by atoms with Gasteiger partial charge >= 0.3 is 91.5 Å². The van der Waals surface area contributed by atoms with Crippen molar-refractivity contribution in [3.8, 4) is 0 Å². The van der Waals surface area contributed by atoms with Crippen LogP contribution in [0, 0.1) is 5.41 Å². The van der Waals surface area contributed by atoms with Crippen molar-refractivity contribution in [3.05, 3.63) is 0 Å². The summed E-state index contributed by atoms with van der Waals surface area (Å²) in [7, 11) is 0. The van der Waals surface area contributed by atoms with Crippen LogP contribution < -0.4 is 0 Å². The van der Waals surface area contributed by atoms with Crippen LogP contribution in [0.25, 0.3) is 0 Å². The molecule has 0 bridgehead atoms. The van der Waals surface area contributed by atoms with Crippen molar-refractivity contribution in [3.63, 3.8) is 0 Å². The van der Waals surface area contributed by atoms with Crippen molar-refractivity contribution in [1.82, 2.24) is 0 Å². The first kappa shape index (κ1) is 12.9. The van der Waals surface area contributed by atoms with Gasteiger partial charge in [0.1, 0.15) is 0 Å². The Morgan fingerprint density at radius 3 is 2.00 bits per heavy atom. The van der Waals surface area contributed by atoms with Crippen LogP contribution in [0.15, 0.2) is 0 Å². The Morgan fingerprint density at radius 2 is 1.67 bits per heavy atom. The Morgan fingerprint density at radius 1 is 1.17 bits per heavy atom. The second-order valence-corrected chi connectivity index (χ2v) is 6.60. The van der Waals surface area contributed by atoms with Crippen molar-refractivity contribution < 1.29 is 0 Å². The van der Waals surface area contributed by atoms with Gasteiger partial charge in [-0.1, -0.05) is 0 Å². The van der Waals surface area contributed by atoms with E-state index >= 15 is 0 Å². The molecule has 0 aliphatic carbocycles. The predicted molar refractivity (Wildman–Crippen MR) is 61.2 cm³/mol. The standard InChI is InChI=1S/C10H21S.Li/c1-7-10(5,6)11-8-9(2,3)4;/h2,7-8H2,1,3-6H3;. The van der Waals surface area contributed by atoms with E-state index < -0.39 is 0 Å². The first-order chi connectivity index (χ1) is 5.33. The quantitative estimate of drug-likeness (QED) is 0.583. The minimum absolute atomic E-state index is 0.465. The maximum atomic E-state index is 2.35. The Kier molecular flexibility index (Phi) is 5.38. The van der Waals surface area contributed by atoms with E-state index in [9.17, 15) is 0 Å². The van der Waals surface area contributed by atoms with Crippen LogP contribution in [0.2, 0.25) is 5.09 Å². The molecule has 0 unspecified atom stereocenters. The topological polar surface area (TPSA) is 0 Å². The van der Waals surface area contributed by atoms with Gasteiger partial charge in [-0.05, 0) is 0 Å². The number of hydrogen-bond donors (Lipinski definition) is 0. The van der Waals surface area contributed by atoms with Crippen LogP contribution in [-0.4, -0.2) is 28.2 Å². The molecular formula is C10H21LiS. The molecule has 0 N–H and O–H groups in total. The van der Waals surface area contributed by atoms with Crippen LogP contribution in [0.1, 0.15) is 41.0 Å². The molecule has 68 valence electrons. The van der Waals surface area contributed by atoms with E-state index in [-0.39, 0.29) is 0 Å². The van der Waals surface area contributed by atoms with Crippen LogP contribution in [0.4, 0.5) is 0 Å². The number of rotatable bonds is 5. The summed E-state index contributed by atoms with van der Waals surface area (Å²) in [6, 6.07) is 0. The monoisotopic (exact) mass is 180 g/mol. The minimum atomic E-state index is 0.465. The summed E-state index contributed by atoms with van der Waals surface area (Å²) in [5.41, 5.74) is 0.511. The number of hydrogen-bond acceptors (Lipinski definition) is 1. The van der Waals surface area contributed by atoms with Crippen LogP contribution >= 0.6 is 11.8 Å². The molecule has 0 aliphatic heterocycles. The summed E-state index contributed by atoms with van der Waals surface area (Å²) in [5.74, 6) is 1.28. The van der Waals surface area contributed by atoms with E-state index in [0.717, 1.165) is 0 Å². The fraction of sp³-hybridized carbons (Fsp3) is 1.00. The molecule has 0 saturated heterocycles. The molecule has 0 fully saturated rings. The molecule has 0 saturated carbocycles. The Bertz CT molecular complexity index is 114. The molecule has 0 nitrogen and oxygen atoms in total. The zero-order chi connectivity index (χ0) is 9.83. The van der Waals surface area contributed by atoms with E-state index in [1.54, 1.807) is 0 Å². The molecule has 0 radical (unpaired) electrons. The summed E-state index contributed by atoms with van der Waals surface area (Å²) in [6.45, 7) is 11.6. The summed E-state index contributed by atoms with van der Waals surface area (Å²) in [6.07, 6.45) is 1.26. The molecule has 0 heterocycles. The zero-order valence-electron chi connectivity index (χ0n) is 9.53. The molecule has 0 atom stereocenters. The average molecular weight is 180 g/mol. The summed E-state index contributed by atoms with van der Waals surface area (Å²) in [4.78, 5) is 0. The number of thioether (sulfide) groups is 1. The molecule has 2 heteroatoms. The van der Waals surface area contributed by atoms with Gasteiger partial charge in [-0.2, -0.15) is 0 Å². The summed E-state index contributed by atoms with van der Waals surface area (Å²) in [5, 5.41) is 1.28. The van der Waals surface area contributed by atoms with Crippen molar-refractivity contribution >= 4 is 29.5 Å². The Balaban J connectivity index is 3.82. The first-order valence-electron chi connectivity index (χ1n) is 4.97. The molecule has 0 aromatic rings. The summed E-state index contributed by atoms with van der Waals surface area (Å²) >= 11 is 4.39. The first-order valence-corrected chi connectivity index (χ1v) is 5.95. The van der Waals surface area contributed by atoms with E-state index in [4.69, 9.17) is 0 Å². The molecule has 0 aromatic carbocycles. The van der Waals surface area contributed by atoms with E-state index in [2.05, 4.69) is 64.1 Å². The second kappa shape index (κ2) is 4.99. The van der Waals surface area contributed by atoms with Gasteiger partial charge in [-0.3, -0.25) is 0 Å². The van der Waals surface area contributed by atoms with Gasteiger partial charge < -0.3 is 0 Å². The van der Waals surface area contributed by atoms with Gasteiger partial charge in [0.25, 0.3) is 0 Å². The molecule has 0 rings (SSSR count). The van der Waals surface area contributed by atoms with Gasteiger partial charge in [-0.25, -0.2) is 0 Å². The molecule has 12 heavy (non-hydrogen) atoms. The van der Waals surface area contributed by atoms with Gasteiger partial charge in [-0.15, -0.1) is 0 Å². The fourth-order valence-electron chi connectivity index (χ4n) is 0.595. The SMILES string of the molecule is [Li][CH2]C(C)(C)CSC(C)(C)CC. The van der Waals surface area contributed by atoms with Crippen molar-refractivity contribution in [2.45, 2.75) is 50.9 Å². The fourth-order valence-corrected chi connectivity index (χ4v) is 1.78. The molecule has 0 aliphatic rings. The molecule has 0 aromatic heterocycles. The summed E-state index contributed by atoms with van der Waals surface area (Å²) < 4.78 is 0.465. The third-order valence-corrected chi connectivity index (χ3v) is 4.66. The Labute approximate surface area is 91.5 Å². The van der Waals surface area contributed by atoms with Crippen molar-refractivity contribution in [1.29, 1.82) is 0 Å². The van der Waals surface area contributed by atoms with Crippen LogP contribution in [0.5, 0.6) is 0 Å². The van der Waals surface area contributed by atoms with E-state index in [1.807, 2.05) is 0 Å².